The van der Waals surface area contributed by atoms with Crippen molar-refractivity contribution in [1.82, 2.24) is 5.32 Å². The van der Waals surface area contributed by atoms with Gasteiger partial charge < -0.3 is 15.0 Å². The molecule has 2 aromatic carbocycles. The highest BCUT2D eigenvalue weighted by Gasteiger charge is 2.23. The fourth-order valence-corrected chi connectivity index (χ4v) is 2.90. The summed E-state index contributed by atoms with van der Waals surface area (Å²) in [7, 11) is 1.63. The van der Waals surface area contributed by atoms with Crippen molar-refractivity contribution in [3.63, 3.8) is 0 Å². The van der Waals surface area contributed by atoms with Crippen LogP contribution in [0.1, 0.15) is 22.3 Å². The first kappa shape index (κ1) is 16.1. The Balaban J connectivity index is 1.67. The second-order valence-corrected chi connectivity index (χ2v) is 5.69. The van der Waals surface area contributed by atoms with Crippen LogP contribution < -0.4 is 15.0 Å². The van der Waals surface area contributed by atoms with E-state index < -0.39 is 0 Å². The molecule has 1 N–H and O–H groups in total. The van der Waals surface area contributed by atoms with Crippen molar-refractivity contribution in [3.05, 3.63) is 59.7 Å². The number of hydrogen-bond donors (Lipinski definition) is 1. The van der Waals surface area contributed by atoms with Gasteiger partial charge in [-0.15, -0.1) is 0 Å². The Morgan fingerprint density at radius 1 is 1.17 bits per heavy atom. The van der Waals surface area contributed by atoms with E-state index in [1.807, 2.05) is 24.3 Å². The number of benzene rings is 2. The Hall–Kier alpha value is -2.82. The van der Waals surface area contributed by atoms with Crippen LogP contribution in [-0.2, 0) is 11.2 Å². The Morgan fingerprint density at radius 3 is 2.71 bits per heavy atom. The van der Waals surface area contributed by atoms with Crippen molar-refractivity contribution < 1.29 is 14.3 Å². The predicted molar refractivity (Wildman–Crippen MR) is 92.4 cm³/mol. The Morgan fingerprint density at radius 2 is 1.96 bits per heavy atom. The summed E-state index contributed by atoms with van der Waals surface area (Å²) in [5.41, 5.74) is 2.55. The van der Waals surface area contributed by atoms with Crippen LogP contribution in [0.15, 0.2) is 48.5 Å². The van der Waals surface area contributed by atoms with Crippen molar-refractivity contribution in [2.75, 3.05) is 25.1 Å². The minimum absolute atomic E-state index is 0.0147. The summed E-state index contributed by atoms with van der Waals surface area (Å²) in [4.78, 5) is 26.3. The van der Waals surface area contributed by atoms with Crippen LogP contribution in [0.5, 0.6) is 5.75 Å². The maximum absolute atomic E-state index is 12.5. The van der Waals surface area contributed by atoms with Gasteiger partial charge in [-0.1, -0.05) is 18.2 Å². The summed E-state index contributed by atoms with van der Waals surface area (Å²) in [5.74, 6) is 0.446. The number of nitrogens with one attached hydrogen (secondary N) is 1. The molecule has 0 unspecified atom stereocenters. The lowest BCUT2D eigenvalue weighted by atomic mass is 10.0. The number of nitrogens with zero attached hydrogens (tertiary/aromatic N) is 1. The summed E-state index contributed by atoms with van der Waals surface area (Å²) in [6.45, 7) is 0.651. The highest BCUT2D eigenvalue weighted by atomic mass is 16.5. The molecule has 1 aliphatic rings. The molecule has 0 bridgehead atoms. The number of carbonyl (C=O) groups is 2. The van der Waals surface area contributed by atoms with Crippen LogP contribution in [0.3, 0.4) is 0 Å². The quantitative estimate of drug-likeness (QED) is 0.939. The van der Waals surface area contributed by atoms with Gasteiger partial charge in [-0.25, -0.2) is 0 Å². The largest absolute Gasteiger partial charge is 0.497 e. The Kier molecular flexibility index (Phi) is 4.79. The molecule has 0 saturated heterocycles. The highest BCUT2D eigenvalue weighted by Crippen LogP contribution is 2.30. The van der Waals surface area contributed by atoms with Crippen molar-refractivity contribution in [3.8, 4) is 5.75 Å². The molecule has 124 valence electrons. The standard InChI is InChI=1S/C19H20N2O3/c1-24-16-9-10-17-15(12-16)8-5-11-21(17)18(22)13-20-19(23)14-6-3-2-4-7-14/h2-4,6-7,9-10,12H,5,8,11,13H2,1H3,(H,20,23). The zero-order valence-electron chi connectivity index (χ0n) is 13.6. The van der Waals surface area contributed by atoms with Gasteiger partial charge in [-0.2, -0.15) is 0 Å². The van der Waals surface area contributed by atoms with Crippen LogP contribution in [0.4, 0.5) is 5.69 Å². The number of fused-ring (bicyclic) bond motifs is 1. The number of amides is 2. The Bertz CT molecular complexity index is 744. The molecule has 5 nitrogen and oxygen atoms in total. The minimum atomic E-state index is -0.240. The molecule has 2 aromatic rings. The van der Waals surface area contributed by atoms with Crippen LogP contribution in [0.2, 0.25) is 0 Å². The van der Waals surface area contributed by atoms with Crippen LogP contribution in [0.25, 0.3) is 0 Å². The number of ether oxygens (including phenoxy) is 1. The lowest BCUT2D eigenvalue weighted by molar-refractivity contribution is -0.117. The lowest BCUT2D eigenvalue weighted by Gasteiger charge is -2.30. The fourth-order valence-electron chi connectivity index (χ4n) is 2.90. The maximum atomic E-state index is 12.5. The summed E-state index contributed by atoms with van der Waals surface area (Å²) in [6.07, 6.45) is 1.82. The van der Waals surface area contributed by atoms with E-state index >= 15 is 0 Å². The third-order valence-corrected chi connectivity index (χ3v) is 4.14. The number of hydrogen-bond acceptors (Lipinski definition) is 3. The average molecular weight is 324 g/mol. The second kappa shape index (κ2) is 7.17. The van der Waals surface area contributed by atoms with Gasteiger partial charge in [0.15, 0.2) is 0 Å². The molecular formula is C19H20N2O3. The molecule has 1 aliphatic heterocycles. The molecule has 3 rings (SSSR count). The molecule has 0 fully saturated rings. The normalized spacial score (nSPS) is 13.1. The highest BCUT2D eigenvalue weighted by molar-refractivity contribution is 6.00. The average Bonchev–Trinajstić information content (AvgIpc) is 2.65. The van der Waals surface area contributed by atoms with Gasteiger partial charge in [0.25, 0.3) is 5.91 Å². The molecule has 0 saturated carbocycles. The molecule has 0 aliphatic carbocycles. The monoisotopic (exact) mass is 324 g/mol. The lowest BCUT2D eigenvalue weighted by Crippen LogP contribution is -2.42. The predicted octanol–water partition coefficient (Wildman–Crippen LogP) is 2.40. The molecular weight excluding hydrogens is 304 g/mol. The van der Waals surface area contributed by atoms with Crippen molar-refractivity contribution in [1.29, 1.82) is 0 Å². The smallest absolute Gasteiger partial charge is 0.251 e. The number of aryl methyl sites for hydroxylation is 1. The van der Waals surface area contributed by atoms with Crippen molar-refractivity contribution >= 4 is 17.5 Å². The minimum Gasteiger partial charge on any atom is -0.497 e. The number of carbonyl (C=O) groups excluding carboxylic acids is 2. The van der Waals surface area contributed by atoms with E-state index in [9.17, 15) is 9.59 Å². The van der Waals surface area contributed by atoms with Crippen molar-refractivity contribution in [2.45, 2.75) is 12.8 Å². The summed E-state index contributed by atoms with van der Waals surface area (Å²) in [6, 6.07) is 14.6. The number of methoxy groups -OCH3 is 1. The van der Waals surface area contributed by atoms with Gasteiger partial charge in [-0.3, -0.25) is 9.59 Å². The van der Waals surface area contributed by atoms with Gasteiger partial charge in [0, 0.05) is 17.8 Å². The topological polar surface area (TPSA) is 58.6 Å². The van der Waals surface area contributed by atoms with Gasteiger partial charge in [0.05, 0.1) is 13.7 Å². The third kappa shape index (κ3) is 3.40. The molecule has 1 heterocycles. The maximum Gasteiger partial charge on any atom is 0.251 e. The van der Waals surface area contributed by atoms with E-state index in [4.69, 9.17) is 4.74 Å². The Labute approximate surface area is 141 Å². The first-order valence-corrected chi connectivity index (χ1v) is 7.99. The summed E-state index contributed by atoms with van der Waals surface area (Å²) in [5, 5.41) is 2.69. The van der Waals surface area contributed by atoms with E-state index in [0.29, 0.717) is 12.1 Å². The molecule has 2 amide bonds. The van der Waals surface area contributed by atoms with Crippen LogP contribution in [0, 0.1) is 0 Å². The van der Waals surface area contributed by atoms with Crippen LogP contribution in [-0.4, -0.2) is 32.0 Å². The molecule has 0 radical (unpaired) electrons. The molecule has 0 aromatic heterocycles. The number of anilines is 1. The molecule has 0 spiro atoms. The van der Waals surface area contributed by atoms with Gasteiger partial charge in [0.1, 0.15) is 5.75 Å². The van der Waals surface area contributed by atoms with E-state index in [1.54, 1.807) is 36.3 Å². The van der Waals surface area contributed by atoms with E-state index in [-0.39, 0.29) is 18.4 Å². The van der Waals surface area contributed by atoms with Gasteiger partial charge in [0.2, 0.25) is 5.91 Å². The first-order valence-electron chi connectivity index (χ1n) is 7.99. The molecule has 24 heavy (non-hydrogen) atoms. The second-order valence-electron chi connectivity index (χ2n) is 5.69. The van der Waals surface area contributed by atoms with Gasteiger partial charge >= 0.3 is 0 Å². The third-order valence-electron chi connectivity index (χ3n) is 4.14. The van der Waals surface area contributed by atoms with Gasteiger partial charge in [-0.05, 0) is 48.7 Å². The zero-order valence-corrected chi connectivity index (χ0v) is 13.6. The number of rotatable bonds is 4. The first-order chi connectivity index (χ1) is 11.7. The molecule has 0 atom stereocenters. The van der Waals surface area contributed by atoms with Crippen molar-refractivity contribution in [2.24, 2.45) is 0 Å². The van der Waals surface area contributed by atoms with E-state index in [2.05, 4.69) is 5.32 Å². The van der Waals surface area contributed by atoms with E-state index in [1.165, 1.54) is 0 Å². The SMILES string of the molecule is COc1ccc2c(c1)CCCN2C(=O)CNC(=O)c1ccccc1. The zero-order chi connectivity index (χ0) is 16.9. The van der Waals surface area contributed by atoms with E-state index in [0.717, 1.165) is 29.8 Å². The fraction of sp³-hybridized carbons (Fsp3) is 0.263. The summed E-state index contributed by atoms with van der Waals surface area (Å²) < 4.78 is 5.24. The molecule has 5 heteroatoms. The summed E-state index contributed by atoms with van der Waals surface area (Å²) >= 11 is 0. The van der Waals surface area contributed by atoms with Crippen LogP contribution >= 0.6 is 0 Å².